The van der Waals surface area contributed by atoms with E-state index in [0.29, 0.717) is 13.2 Å². The molecule has 23 heavy (non-hydrogen) atoms. The first-order valence-corrected chi connectivity index (χ1v) is 8.05. The normalized spacial score (nSPS) is 15.0. The van der Waals surface area contributed by atoms with E-state index >= 15 is 0 Å². The van der Waals surface area contributed by atoms with Crippen molar-refractivity contribution in [2.75, 3.05) is 20.3 Å². The maximum Gasteiger partial charge on any atom is 0.329 e. The highest BCUT2D eigenvalue weighted by Crippen LogP contribution is 2.32. The molecular weight excluding hydrogens is 296 g/mol. The summed E-state index contributed by atoms with van der Waals surface area (Å²) in [6.07, 6.45) is 4.88. The van der Waals surface area contributed by atoms with Crippen molar-refractivity contribution in [2.24, 2.45) is 10.2 Å². The minimum absolute atomic E-state index is 0.0462. The van der Waals surface area contributed by atoms with Crippen molar-refractivity contribution in [2.45, 2.75) is 45.3 Å². The molecule has 0 aliphatic heterocycles. The molecule has 6 nitrogen and oxygen atoms in total. The molecule has 1 fully saturated rings. The van der Waals surface area contributed by atoms with Gasteiger partial charge in [0.2, 0.25) is 0 Å². The summed E-state index contributed by atoms with van der Waals surface area (Å²) in [5, 5.41) is 7.86. The number of carbonyl (C=O) groups excluding carboxylic acids is 1. The average Bonchev–Trinajstić information content (AvgIpc) is 3.05. The Hall–Kier alpha value is -2.11. The van der Waals surface area contributed by atoms with Crippen LogP contribution in [0.1, 0.15) is 38.2 Å². The Morgan fingerprint density at radius 2 is 2.00 bits per heavy atom. The molecule has 2 rings (SSSR count). The molecule has 0 heterocycles. The Morgan fingerprint density at radius 1 is 1.22 bits per heavy atom. The molecule has 1 aromatic rings. The van der Waals surface area contributed by atoms with Gasteiger partial charge in [-0.3, -0.25) is 0 Å². The minimum atomic E-state index is -0.365. The molecule has 0 amide bonds. The van der Waals surface area contributed by atoms with Crippen molar-refractivity contribution in [3.63, 3.8) is 0 Å². The molecule has 6 heteroatoms. The van der Waals surface area contributed by atoms with Crippen molar-refractivity contribution in [3.05, 3.63) is 23.8 Å². The summed E-state index contributed by atoms with van der Waals surface area (Å²) in [7, 11) is 1.63. The SMILES string of the molecule is CCOC(=O)CN=NCc1ccc(OC)c(OC2CCCC2)c1. The van der Waals surface area contributed by atoms with E-state index in [2.05, 4.69) is 10.2 Å². The third-order valence-electron chi connectivity index (χ3n) is 3.68. The van der Waals surface area contributed by atoms with Crippen LogP contribution in [0.5, 0.6) is 11.5 Å². The fourth-order valence-electron chi connectivity index (χ4n) is 2.54. The van der Waals surface area contributed by atoms with Gasteiger partial charge in [0, 0.05) is 0 Å². The molecule has 126 valence electrons. The van der Waals surface area contributed by atoms with Crippen LogP contribution in [0.2, 0.25) is 0 Å². The Bertz CT molecular complexity index is 539. The molecule has 0 saturated heterocycles. The van der Waals surface area contributed by atoms with Gasteiger partial charge in [-0.25, -0.2) is 4.79 Å². The van der Waals surface area contributed by atoms with E-state index < -0.39 is 0 Å². The van der Waals surface area contributed by atoms with E-state index in [9.17, 15) is 4.79 Å². The summed E-state index contributed by atoms with van der Waals surface area (Å²) in [6.45, 7) is 2.47. The van der Waals surface area contributed by atoms with Crippen LogP contribution in [0, 0.1) is 0 Å². The number of hydrogen-bond donors (Lipinski definition) is 0. The predicted octanol–water partition coefficient (Wildman–Crippen LogP) is 3.53. The van der Waals surface area contributed by atoms with Crippen LogP contribution in [-0.2, 0) is 16.1 Å². The summed E-state index contributed by atoms with van der Waals surface area (Å²) in [6, 6.07) is 5.73. The van der Waals surface area contributed by atoms with Crippen LogP contribution in [0.15, 0.2) is 28.4 Å². The van der Waals surface area contributed by atoms with Gasteiger partial charge >= 0.3 is 5.97 Å². The fraction of sp³-hybridized carbons (Fsp3) is 0.588. The van der Waals surface area contributed by atoms with E-state index in [1.807, 2.05) is 18.2 Å². The van der Waals surface area contributed by atoms with Gasteiger partial charge in [-0.1, -0.05) is 6.07 Å². The molecule has 0 radical (unpaired) electrons. The number of methoxy groups -OCH3 is 1. The lowest BCUT2D eigenvalue weighted by molar-refractivity contribution is -0.141. The van der Waals surface area contributed by atoms with E-state index in [4.69, 9.17) is 14.2 Å². The van der Waals surface area contributed by atoms with Crippen LogP contribution < -0.4 is 9.47 Å². The zero-order valence-electron chi connectivity index (χ0n) is 13.8. The Morgan fingerprint density at radius 3 is 2.70 bits per heavy atom. The number of carbonyl (C=O) groups is 1. The molecule has 1 aliphatic rings. The summed E-state index contributed by atoms with van der Waals surface area (Å²) in [5.41, 5.74) is 0.964. The van der Waals surface area contributed by atoms with Crippen molar-refractivity contribution < 1.29 is 19.0 Å². The van der Waals surface area contributed by atoms with Crippen LogP contribution in [0.4, 0.5) is 0 Å². The second-order valence-corrected chi connectivity index (χ2v) is 5.41. The molecule has 0 bridgehead atoms. The highest BCUT2D eigenvalue weighted by Gasteiger charge is 2.18. The molecule has 0 spiro atoms. The molecule has 0 atom stereocenters. The maximum absolute atomic E-state index is 11.2. The standard InChI is InChI=1S/C17H24N2O4/c1-3-22-17(20)12-19-18-11-13-8-9-15(21-2)16(10-13)23-14-6-4-5-7-14/h8-10,14H,3-7,11-12H2,1-2H3. The quantitative estimate of drug-likeness (QED) is 0.543. The average molecular weight is 320 g/mol. The van der Waals surface area contributed by atoms with Gasteiger partial charge in [-0.05, 0) is 50.3 Å². The number of benzene rings is 1. The number of rotatable bonds is 8. The van der Waals surface area contributed by atoms with Crippen molar-refractivity contribution >= 4 is 5.97 Å². The summed E-state index contributed by atoms with van der Waals surface area (Å²) >= 11 is 0. The van der Waals surface area contributed by atoms with Crippen LogP contribution in [0.3, 0.4) is 0 Å². The van der Waals surface area contributed by atoms with Gasteiger partial charge in [-0.15, -0.1) is 0 Å². The van der Waals surface area contributed by atoms with Crippen LogP contribution >= 0.6 is 0 Å². The van der Waals surface area contributed by atoms with Crippen molar-refractivity contribution in [3.8, 4) is 11.5 Å². The number of nitrogens with zero attached hydrogens (tertiary/aromatic N) is 2. The summed E-state index contributed by atoms with van der Waals surface area (Å²) in [4.78, 5) is 11.2. The van der Waals surface area contributed by atoms with Gasteiger partial charge in [0.15, 0.2) is 18.0 Å². The summed E-state index contributed by atoms with van der Waals surface area (Å²) in [5.74, 6) is 1.11. The van der Waals surface area contributed by atoms with E-state index in [1.54, 1.807) is 14.0 Å². The van der Waals surface area contributed by atoms with Gasteiger partial charge in [0.05, 0.1) is 26.4 Å². The fourth-order valence-corrected chi connectivity index (χ4v) is 2.54. The monoisotopic (exact) mass is 320 g/mol. The Kier molecular flexibility index (Phi) is 6.84. The van der Waals surface area contributed by atoms with E-state index in [0.717, 1.165) is 29.9 Å². The lowest BCUT2D eigenvalue weighted by Gasteiger charge is -2.16. The van der Waals surface area contributed by atoms with Gasteiger partial charge < -0.3 is 14.2 Å². The second kappa shape index (κ2) is 9.12. The zero-order valence-corrected chi connectivity index (χ0v) is 13.8. The number of ether oxygens (including phenoxy) is 3. The third kappa shape index (κ3) is 5.54. The Balaban J connectivity index is 1.93. The van der Waals surface area contributed by atoms with E-state index in [-0.39, 0.29) is 18.6 Å². The van der Waals surface area contributed by atoms with Gasteiger partial charge in [-0.2, -0.15) is 10.2 Å². The number of azo groups is 1. The number of hydrogen-bond acceptors (Lipinski definition) is 6. The maximum atomic E-state index is 11.2. The Labute approximate surface area is 136 Å². The summed E-state index contributed by atoms with van der Waals surface area (Å²) < 4.78 is 16.2. The molecule has 1 saturated carbocycles. The first-order chi connectivity index (χ1) is 11.2. The lowest BCUT2D eigenvalue weighted by Crippen LogP contribution is -2.11. The predicted molar refractivity (Wildman–Crippen MR) is 85.9 cm³/mol. The second-order valence-electron chi connectivity index (χ2n) is 5.41. The highest BCUT2D eigenvalue weighted by atomic mass is 16.5. The largest absolute Gasteiger partial charge is 0.493 e. The topological polar surface area (TPSA) is 69.5 Å². The molecule has 0 unspecified atom stereocenters. The molecule has 0 N–H and O–H groups in total. The highest BCUT2D eigenvalue weighted by molar-refractivity contribution is 5.71. The lowest BCUT2D eigenvalue weighted by atomic mass is 10.2. The van der Waals surface area contributed by atoms with Crippen LogP contribution in [-0.4, -0.2) is 32.3 Å². The third-order valence-corrected chi connectivity index (χ3v) is 3.68. The first kappa shape index (κ1) is 17.2. The van der Waals surface area contributed by atoms with Crippen LogP contribution in [0.25, 0.3) is 0 Å². The smallest absolute Gasteiger partial charge is 0.329 e. The molecule has 0 aromatic heterocycles. The molecule has 1 aromatic carbocycles. The molecular formula is C17H24N2O4. The minimum Gasteiger partial charge on any atom is -0.493 e. The zero-order chi connectivity index (χ0) is 16.5. The van der Waals surface area contributed by atoms with Gasteiger partial charge in [0.25, 0.3) is 0 Å². The number of esters is 1. The molecule has 1 aliphatic carbocycles. The van der Waals surface area contributed by atoms with Crippen molar-refractivity contribution in [1.29, 1.82) is 0 Å². The first-order valence-electron chi connectivity index (χ1n) is 8.05. The van der Waals surface area contributed by atoms with Gasteiger partial charge in [0.1, 0.15) is 0 Å². The van der Waals surface area contributed by atoms with Crippen molar-refractivity contribution in [1.82, 2.24) is 0 Å². The van der Waals surface area contributed by atoms with E-state index in [1.165, 1.54) is 12.8 Å².